The van der Waals surface area contributed by atoms with E-state index < -0.39 is 0 Å². The van der Waals surface area contributed by atoms with Crippen molar-refractivity contribution in [1.82, 2.24) is 0 Å². The molecule has 88 valence electrons. The van der Waals surface area contributed by atoms with E-state index in [1.54, 1.807) is 6.08 Å². The molecule has 0 aromatic carbocycles. The molecular formula is C12H19N3O. The van der Waals surface area contributed by atoms with Gasteiger partial charge in [0.1, 0.15) is 5.76 Å². The Morgan fingerprint density at radius 1 is 1.38 bits per heavy atom. The third kappa shape index (κ3) is 3.63. The molecule has 1 aliphatic rings. The average Bonchev–Trinajstić information content (AvgIpc) is 2.34. The molecule has 0 amide bonds. The second kappa shape index (κ2) is 6.96. The van der Waals surface area contributed by atoms with Crippen molar-refractivity contribution in [3.63, 3.8) is 0 Å². The monoisotopic (exact) mass is 221 g/mol. The van der Waals surface area contributed by atoms with Gasteiger partial charge in [-0.05, 0) is 12.8 Å². The first-order chi connectivity index (χ1) is 7.81. The standard InChI is InChI=1S/C12H19N3O/c1-3-7-14-11-6-5-10(15-13)9-12(11)16-8-4-2/h9H,3-8H2,1-2H3. The first kappa shape index (κ1) is 12.7. The molecule has 0 unspecified atom stereocenters. The molecule has 0 fully saturated rings. The zero-order valence-electron chi connectivity index (χ0n) is 10.1. The fourth-order valence-corrected chi connectivity index (χ4v) is 1.50. The van der Waals surface area contributed by atoms with Crippen molar-refractivity contribution in [2.75, 3.05) is 13.2 Å². The van der Waals surface area contributed by atoms with Gasteiger partial charge in [-0.3, -0.25) is 4.99 Å². The summed E-state index contributed by atoms with van der Waals surface area (Å²) in [5, 5.41) is 0. The second-order valence-electron chi connectivity index (χ2n) is 3.78. The van der Waals surface area contributed by atoms with Crippen LogP contribution in [-0.2, 0) is 4.74 Å². The fourth-order valence-electron chi connectivity index (χ4n) is 1.50. The molecule has 0 spiro atoms. The normalized spacial score (nSPS) is 18.2. The largest absolute Gasteiger partial charge is 0.491 e. The summed E-state index contributed by atoms with van der Waals surface area (Å²) in [5.74, 6) is 0.773. The number of aliphatic imine (C=N–C) groups is 1. The second-order valence-corrected chi connectivity index (χ2v) is 3.78. The summed E-state index contributed by atoms with van der Waals surface area (Å²) in [6, 6.07) is 0. The van der Waals surface area contributed by atoms with E-state index in [4.69, 9.17) is 10.3 Å². The maximum atomic E-state index is 8.74. The van der Waals surface area contributed by atoms with Crippen molar-refractivity contribution >= 4 is 11.4 Å². The van der Waals surface area contributed by atoms with E-state index in [0.29, 0.717) is 12.3 Å². The minimum absolute atomic E-state index is 0.668. The van der Waals surface area contributed by atoms with Gasteiger partial charge in [0, 0.05) is 13.0 Å². The predicted octanol–water partition coefficient (Wildman–Crippen LogP) is 2.61. The van der Waals surface area contributed by atoms with Crippen LogP contribution in [0.25, 0.3) is 5.53 Å². The third-order valence-corrected chi connectivity index (χ3v) is 2.32. The van der Waals surface area contributed by atoms with Gasteiger partial charge < -0.3 is 10.3 Å². The number of hydrogen-bond donors (Lipinski definition) is 0. The van der Waals surface area contributed by atoms with Gasteiger partial charge in [-0.2, -0.15) is 4.79 Å². The lowest BCUT2D eigenvalue weighted by atomic mass is 10.0. The van der Waals surface area contributed by atoms with Crippen molar-refractivity contribution in [2.24, 2.45) is 4.99 Å². The van der Waals surface area contributed by atoms with Crippen LogP contribution in [-0.4, -0.2) is 29.4 Å². The quantitative estimate of drug-likeness (QED) is 0.520. The van der Waals surface area contributed by atoms with Crippen molar-refractivity contribution in [3.05, 3.63) is 17.4 Å². The van der Waals surface area contributed by atoms with Gasteiger partial charge in [-0.15, -0.1) is 0 Å². The summed E-state index contributed by atoms with van der Waals surface area (Å²) in [6.45, 7) is 5.67. The molecule has 0 radical (unpaired) electrons. The first-order valence-electron chi connectivity index (χ1n) is 5.90. The number of hydrogen-bond acceptors (Lipinski definition) is 2. The van der Waals surface area contributed by atoms with Gasteiger partial charge in [0.15, 0.2) is 0 Å². The molecule has 4 heteroatoms. The zero-order chi connectivity index (χ0) is 11.8. The minimum atomic E-state index is 0.668. The molecule has 0 aromatic rings. The highest BCUT2D eigenvalue weighted by Crippen LogP contribution is 2.15. The van der Waals surface area contributed by atoms with Gasteiger partial charge in [-0.25, -0.2) is 0 Å². The molecule has 0 bridgehead atoms. The van der Waals surface area contributed by atoms with Crippen LogP contribution in [0.4, 0.5) is 0 Å². The molecule has 1 rings (SSSR count). The molecule has 0 aromatic heterocycles. The molecule has 1 aliphatic carbocycles. The Bertz CT molecular complexity index is 338. The highest BCUT2D eigenvalue weighted by atomic mass is 16.5. The van der Waals surface area contributed by atoms with Crippen molar-refractivity contribution < 1.29 is 9.53 Å². The van der Waals surface area contributed by atoms with Crippen LogP contribution < -0.4 is 0 Å². The Balaban J connectivity index is 2.80. The Labute approximate surface area is 96.6 Å². The Morgan fingerprint density at radius 2 is 2.19 bits per heavy atom. The highest BCUT2D eigenvalue weighted by molar-refractivity contribution is 6.09. The molecule has 0 heterocycles. The zero-order valence-corrected chi connectivity index (χ0v) is 10.1. The van der Waals surface area contributed by atoms with Gasteiger partial charge in [0.2, 0.25) is 0 Å². The lowest BCUT2D eigenvalue weighted by Gasteiger charge is -2.14. The molecule has 4 nitrogen and oxygen atoms in total. The van der Waals surface area contributed by atoms with E-state index in [1.165, 1.54) is 0 Å². The van der Waals surface area contributed by atoms with Crippen LogP contribution in [0.3, 0.4) is 0 Å². The number of ether oxygens (including phenoxy) is 1. The van der Waals surface area contributed by atoms with E-state index in [-0.39, 0.29) is 0 Å². The summed E-state index contributed by atoms with van der Waals surface area (Å²) in [4.78, 5) is 7.72. The summed E-state index contributed by atoms with van der Waals surface area (Å²) >= 11 is 0. The highest BCUT2D eigenvalue weighted by Gasteiger charge is 2.20. The molecule has 0 saturated heterocycles. The van der Waals surface area contributed by atoms with Crippen LogP contribution in [0.5, 0.6) is 0 Å². The number of nitrogens with zero attached hydrogens (tertiary/aromatic N) is 3. The lowest BCUT2D eigenvalue weighted by molar-refractivity contribution is -0.00665. The van der Waals surface area contributed by atoms with Crippen LogP contribution in [0, 0.1) is 0 Å². The van der Waals surface area contributed by atoms with Crippen LogP contribution >= 0.6 is 0 Å². The third-order valence-electron chi connectivity index (χ3n) is 2.32. The molecule has 0 N–H and O–H groups in total. The van der Waals surface area contributed by atoms with Crippen LogP contribution in [0.15, 0.2) is 16.8 Å². The van der Waals surface area contributed by atoms with E-state index in [2.05, 4.69) is 23.6 Å². The smallest absolute Gasteiger partial charge is 0.296 e. The molecule has 16 heavy (non-hydrogen) atoms. The number of allylic oxidation sites excluding steroid dienone is 2. The maximum Gasteiger partial charge on any atom is 0.296 e. The van der Waals surface area contributed by atoms with Crippen molar-refractivity contribution in [1.29, 1.82) is 0 Å². The van der Waals surface area contributed by atoms with Crippen LogP contribution in [0.2, 0.25) is 0 Å². The van der Waals surface area contributed by atoms with Gasteiger partial charge in [0.25, 0.3) is 5.71 Å². The Morgan fingerprint density at radius 3 is 2.81 bits per heavy atom. The van der Waals surface area contributed by atoms with Crippen molar-refractivity contribution in [2.45, 2.75) is 39.5 Å². The predicted molar refractivity (Wildman–Crippen MR) is 64.8 cm³/mol. The summed E-state index contributed by atoms with van der Waals surface area (Å²) in [6.07, 6.45) is 5.32. The lowest BCUT2D eigenvalue weighted by Crippen LogP contribution is -2.17. The van der Waals surface area contributed by atoms with E-state index in [1.807, 2.05) is 0 Å². The number of rotatable bonds is 5. The van der Waals surface area contributed by atoms with Crippen LogP contribution in [0.1, 0.15) is 39.5 Å². The van der Waals surface area contributed by atoms with Gasteiger partial charge >= 0.3 is 0 Å². The first-order valence-corrected chi connectivity index (χ1v) is 5.90. The Kier molecular flexibility index (Phi) is 5.51. The van der Waals surface area contributed by atoms with Gasteiger partial charge in [0.05, 0.1) is 24.8 Å². The average molecular weight is 221 g/mol. The molecule has 0 aliphatic heterocycles. The molecular weight excluding hydrogens is 202 g/mol. The topological polar surface area (TPSA) is 58.0 Å². The SMILES string of the molecule is CCCN=C1CCC(=[N+]=[N-])C=C1OCCC. The summed E-state index contributed by atoms with van der Waals surface area (Å²) < 4.78 is 5.61. The summed E-state index contributed by atoms with van der Waals surface area (Å²) in [5.41, 5.74) is 10.4. The fraction of sp³-hybridized carbons (Fsp3) is 0.667. The Hall–Kier alpha value is -1.41. The van der Waals surface area contributed by atoms with E-state index >= 15 is 0 Å². The minimum Gasteiger partial charge on any atom is -0.491 e. The van der Waals surface area contributed by atoms with E-state index in [0.717, 1.165) is 43.7 Å². The summed E-state index contributed by atoms with van der Waals surface area (Å²) in [7, 11) is 0. The molecule has 0 atom stereocenters. The maximum absolute atomic E-state index is 8.74. The molecule has 0 saturated carbocycles. The van der Waals surface area contributed by atoms with E-state index in [9.17, 15) is 0 Å². The van der Waals surface area contributed by atoms with Gasteiger partial charge in [-0.1, -0.05) is 13.8 Å². The van der Waals surface area contributed by atoms with Crippen molar-refractivity contribution in [3.8, 4) is 0 Å².